The lowest BCUT2D eigenvalue weighted by molar-refractivity contribution is -0.226. The number of benzene rings is 3. The average Bonchev–Trinajstić information content (AvgIpc) is 3.17. The van der Waals surface area contributed by atoms with E-state index in [2.05, 4.69) is 27.7 Å². The number of hydrogen-bond donors (Lipinski definition) is 1. The lowest BCUT2D eigenvalue weighted by Gasteiger charge is -2.37. The van der Waals surface area contributed by atoms with Crippen LogP contribution >= 0.6 is 0 Å². The number of esters is 1. The maximum absolute atomic E-state index is 13.8. The van der Waals surface area contributed by atoms with Crippen molar-refractivity contribution >= 4 is 17.6 Å². The van der Waals surface area contributed by atoms with Crippen molar-refractivity contribution in [2.24, 2.45) is 10.8 Å². The van der Waals surface area contributed by atoms with Crippen LogP contribution in [-0.2, 0) is 48.3 Å². The standard InChI is InChI=1S/C42H55NO12/c1-9-17-43(37(45)21-49-28(2)44)32-12-10-11-31(20-32)42(46,33-18-29(13-15-35(33)54-26-47-7)38-50-22-40(3,4)23-51-38)34-19-30(14-16-36(34)55-27-48-8)39-52-24-41(5,6)25-53-39/h10-16,18-20,38-39,46H,9,17,21-27H2,1-8H3. The van der Waals surface area contributed by atoms with Crippen LogP contribution in [0.5, 0.6) is 11.5 Å². The van der Waals surface area contributed by atoms with Crippen LogP contribution in [0.2, 0.25) is 0 Å². The molecule has 3 aromatic carbocycles. The molecule has 5 rings (SSSR count). The number of amides is 1. The first-order chi connectivity index (χ1) is 26.2. The molecule has 0 atom stereocenters. The molecule has 13 heteroatoms. The number of carbonyl (C=O) groups excluding carboxylic acids is 2. The van der Waals surface area contributed by atoms with Crippen LogP contribution in [0.4, 0.5) is 5.69 Å². The van der Waals surface area contributed by atoms with Crippen molar-refractivity contribution in [2.45, 2.75) is 66.1 Å². The summed E-state index contributed by atoms with van der Waals surface area (Å²) in [4.78, 5) is 26.6. The zero-order valence-corrected chi connectivity index (χ0v) is 33.2. The zero-order valence-electron chi connectivity index (χ0n) is 33.2. The van der Waals surface area contributed by atoms with Gasteiger partial charge < -0.3 is 52.6 Å². The van der Waals surface area contributed by atoms with Crippen LogP contribution in [0, 0.1) is 10.8 Å². The summed E-state index contributed by atoms with van der Waals surface area (Å²) in [5.74, 6) is -0.371. The van der Waals surface area contributed by atoms with Gasteiger partial charge in [-0.25, -0.2) is 0 Å². The fourth-order valence-electron chi connectivity index (χ4n) is 6.44. The van der Waals surface area contributed by atoms with Crippen molar-refractivity contribution in [1.82, 2.24) is 0 Å². The Bertz CT molecular complexity index is 1670. The van der Waals surface area contributed by atoms with Crippen LogP contribution in [-0.4, -0.2) is 84.4 Å². The van der Waals surface area contributed by atoms with E-state index in [0.29, 0.717) is 84.4 Å². The number of hydrogen-bond acceptors (Lipinski definition) is 12. The molecule has 13 nitrogen and oxygen atoms in total. The Morgan fingerprint density at radius 1 is 0.782 bits per heavy atom. The maximum atomic E-state index is 13.8. The van der Waals surface area contributed by atoms with Crippen molar-refractivity contribution in [3.63, 3.8) is 0 Å². The number of nitrogens with zero attached hydrogens (tertiary/aromatic N) is 1. The largest absolute Gasteiger partial charge is 0.467 e. The number of anilines is 1. The van der Waals surface area contributed by atoms with Crippen LogP contribution in [0.1, 0.15) is 88.4 Å². The first-order valence-electron chi connectivity index (χ1n) is 18.5. The summed E-state index contributed by atoms with van der Waals surface area (Å²) in [7, 11) is 3.02. The lowest BCUT2D eigenvalue weighted by atomic mass is 9.78. The molecule has 300 valence electrons. The molecule has 2 aliphatic rings. The van der Waals surface area contributed by atoms with Crippen molar-refractivity contribution in [1.29, 1.82) is 0 Å². The predicted octanol–water partition coefficient (Wildman–Crippen LogP) is 6.39. The highest BCUT2D eigenvalue weighted by molar-refractivity contribution is 5.95. The molecule has 55 heavy (non-hydrogen) atoms. The van der Waals surface area contributed by atoms with E-state index in [4.69, 9.17) is 42.6 Å². The average molecular weight is 766 g/mol. The number of ether oxygens (including phenoxy) is 9. The summed E-state index contributed by atoms with van der Waals surface area (Å²) in [5.41, 5.74) is 0.360. The van der Waals surface area contributed by atoms with Crippen LogP contribution in [0.25, 0.3) is 0 Å². The van der Waals surface area contributed by atoms with Crippen molar-refractivity contribution in [2.75, 3.05) is 72.3 Å². The second kappa shape index (κ2) is 18.2. The Morgan fingerprint density at radius 3 is 1.71 bits per heavy atom. The summed E-state index contributed by atoms with van der Waals surface area (Å²) < 4.78 is 52.8. The van der Waals surface area contributed by atoms with Gasteiger partial charge in [-0.05, 0) is 48.4 Å². The van der Waals surface area contributed by atoms with E-state index in [-0.39, 0.29) is 24.4 Å². The van der Waals surface area contributed by atoms with Gasteiger partial charge in [0.15, 0.2) is 32.8 Å². The number of aliphatic hydroxyl groups is 1. The molecular weight excluding hydrogens is 710 g/mol. The maximum Gasteiger partial charge on any atom is 0.303 e. The van der Waals surface area contributed by atoms with E-state index in [1.165, 1.54) is 26.0 Å². The van der Waals surface area contributed by atoms with Gasteiger partial charge in [0, 0.05) is 66.5 Å². The Kier molecular flexibility index (Phi) is 14.0. The zero-order chi connectivity index (χ0) is 39.8. The molecule has 2 heterocycles. The quantitative estimate of drug-likeness (QED) is 0.0983. The molecule has 0 unspecified atom stereocenters. The number of carbonyl (C=O) groups is 2. The molecule has 0 bridgehead atoms. The SMILES string of the molecule is CCCN(C(=O)COC(C)=O)c1cccc(C(O)(c2cc(C3OCC(C)(C)CO3)ccc2OCOC)c2cc(C3OCC(C)(C)CO3)ccc2OCOC)c1. The Balaban J connectivity index is 1.76. The van der Waals surface area contributed by atoms with Gasteiger partial charge in [-0.1, -0.05) is 58.9 Å². The van der Waals surface area contributed by atoms with Crippen LogP contribution < -0.4 is 14.4 Å². The fourth-order valence-corrected chi connectivity index (χ4v) is 6.44. The first-order valence-corrected chi connectivity index (χ1v) is 18.5. The lowest BCUT2D eigenvalue weighted by Crippen LogP contribution is -2.36. The summed E-state index contributed by atoms with van der Waals surface area (Å²) in [6, 6.07) is 17.7. The predicted molar refractivity (Wildman–Crippen MR) is 203 cm³/mol. The highest BCUT2D eigenvalue weighted by atomic mass is 16.7. The van der Waals surface area contributed by atoms with E-state index >= 15 is 0 Å². The third kappa shape index (κ3) is 10.2. The normalized spacial score (nSPS) is 17.4. The molecule has 3 aromatic rings. The second-order valence-electron chi connectivity index (χ2n) is 15.4. The number of methoxy groups -OCH3 is 2. The van der Waals surface area contributed by atoms with Crippen molar-refractivity contribution in [3.05, 3.63) is 88.5 Å². The van der Waals surface area contributed by atoms with Gasteiger partial charge in [0.1, 0.15) is 17.1 Å². The minimum Gasteiger partial charge on any atom is -0.467 e. The molecule has 2 fully saturated rings. The monoisotopic (exact) mass is 765 g/mol. The van der Waals surface area contributed by atoms with Gasteiger partial charge in [-0.2, -0.15) is 0 Å². The molecule has 1 amide bonds. The Morgan fingerprint density at radius 2 is 1.27 bits per heavy atom. The van der Waals surface area contributed by atoms with Gasteiger partial charge in [0.2, 0.25) is 0 Å². The second-order valence-corrected chi connectivity index (χ2v) is 15.4. The minimum atomic E-state index is -2.05. The summed E-state index contributed by atoms with van der Waals surface area (Å²) in [6.07, 6.45) is -0.827. The fraction of sp³-hybridized carbons (Fsp3) is 0.524. The van der Waals surface area contributed by atoms with Gasteiger partial charge in [0.05, 0.1) is 26.4 Å². The van der Waals surface area contributed by atoms with Crippen LogP contribution in [0.15, 0.2) is 60.7 Å². The molecule has 0 aliphatic carbocycles. The van der Waals surface area contributed by atoms with Gasteiger partial charge in [0.25, 0.3) is 5.91 Å². The third-order valence-corrected chi connectivity index (χ3v) is 9.22. The summed E-state index contributed by atoms with van der Waals surface area (Å²) >= 11 is 0. The van der Waals surface area contributed by atoms with Gasteiger partial charge in [-0.3, -0.25) is 9.59 Å². The van der Waals surface area contributed by atoms with E-state index in [1.807, 2.05) is 19.1 Å². The molecule has 0 aromatic heterocycles. The van der Waals surface area contributed by atoms with Crippen molar-refractivity contribution < 1.29 is 57.3 Å². The number of rotatable bonds is 16. The molecule has 0 radical (unpaired) electrons. The highest BCUT2D eigenvalue weighted by Gasteiger charge is 2.42. The van der Waals surface area contributed by atoms with Gasteiger partial charge >= 0.3 is 5.97 Å². The molecular formula is C42H55NO12. The molecule has 1 N–H and O–H groups in total. The molecule has 2 saturated heterocycles. The minimum absolute atomic E-state index is 0.116. The van der Waals surface area contributed by atoms with E-state index in [1.54, 1.807) is 48.5 Å². The van der Waals surface area contributed by atoms with E-state index in [9.17, 15) is 14.7 Å². The van der Waals surface area contributed by atoms with Gasteiger partial charge in [-0.15, -0.1) is 0 Å². The third-order valence-electron chi connectivity index (χ3n) is 9.22. The summed E-state index contributed by atoms with van der Waals surface area (Å²) in [5, 5.41) is 13.8. The molecule has 0 saturated carbocycles. The first kappa shape index (κ1) is 42.1. The van der Waals surface area contributed by atoms with Crippen LogP contribution in [0.3, 0.4) is 0 Å². The Hall–Kier alpha value is -4.08. The van der Waals surface area contributed by atoms with E-state index in [0.717, 1.165) is 0 Å². The highest BCUT2D eigenvalue weighted by Crippen LogP contribution is 2.48. The summed E-state index contributed by atoms with van der Waals surface area (Å²) in [6.45, 7) is 13.0. The smallest absolute Gasteiger partial charge is 0.303 e. The van der Waals surface area contributed by atoms with E-state index < -0.39 is 36.7 Å². The Labute approximate surface area is 323 Å². The molecule has 0 spiro atoms. The molecule has 2 aliphatic heterocycles. The van der Waals surface area contributed by atoms with Crippen molar-refractivity contribution in [3.8, 4) is 11.5 Å². The topological polar surface area (TPSA) is 141 Å².